The van der Waals surface area contributed by atoms with E-state index in [0.717, 1.165) is 22.4 Å². The van der Waals surface area contributed by atoms with Crippen molar-refractivity contribution < 1.29 is 23.7 Å². The van der Waals surface area contributed by atoms with E-state index in [1.165, 1.54) is 21.3 Å². The van der Waals surface area contributed by atoms with Crippen molar-refractivity contribution in [2.45, 2.75) is 13.8 Å². The number of hydrogen-bond acceptors (Lipinski definition) is 8. The second-order valence-electron chi connectivity index (χ2n) is 7.88. The first-order chi connectivity index (χ1) is 17.5. The van der Waals surface area contributed by atoms with Crippen LogP contribution in [0, 0.1) is 6.92 Å². The second-order valence-corrected chi connectivity index (χ2v) is 7.88. The molecule has 0 unspecified atom stereocenters. The number of ether oxygens (including phenoxy) is 4. The van der Waals surface area contributed by atoms with Gasteiger partial charge in [0.05, 0.1) is 33.6 Å². The van der Waals surface area contributed by atoms with Gasteiger partial charge in [-0.3, -0.25) is 10.2 Å². The van der Waals surface area contributed by atoms with Crippen LogP contribution in [0.3, 0.4) is 0 Å². The first-order valence-electron chi connectivity index (χ1n) is 11.3. The van der Waals surface area contributed by atoms with Gasteiger partial charge >= 0.3 is 0 Å². The highest BCUT2D eigenvalue weighted by atomic mass is 16.5. The molecule has 0 bridgehead atoms. The molecule has 0 fully saturated rings. The van der Waals surface area contributed by atoms with Gasteiger partial charge in [0.1, 0.15) is 11.5 Å². The molecular formula is C27H28N4O5. The summed E-state index contributed by atoms with van der Waals surface area (Å²) in [6, 6.07) is 17.2. The standard InChI is InChI=1S/C27H28N4O5/c1-6-36-20-9-7-8-17(12-20)21-15-19(11-10-16(21)2)28-30-25-24(29-31-27(25)32)18-13-22(33-3)26(35-5)23(14-18)34-4/h7-15,28H,6H2,1-5H3,(H,30,31,32). The van der Waals surface area contributed by atoms with E-state index in [4.69, 9.17) is 18.9 Å². The quantitative estimate of drug-likeness (QED) is 0.433. The average Bonchev–Trinajstić information content (AvgIpc) is 3.27. The summed E-state index contributed by atoms with van der Waals surface area (Å²) in [6.07, 6.45) is 0. The van der Waals surface area contributed by atoms with Crippen LogP contribution in [-0.2, 0) is 4.79 Å². The van der Waals surface area contributed by atoms with Gasteiger partial charge in [0.2, 0.25) is 5.75 Å². The number of benzene rings is 3. The molecule has 1 heterocycles. The van der Waals surface area contributed by atoms with Crippen molar-refractivity contribution in [2.24, 2.45) is 10.2 Å². The third-order valence-corrected chi connectivity index (χ3v) is 5.64. The largest absolute Gasteiger partial charge is 0.494 e. The maximum Gasteiger partial charge on any atom is 0.294 e. The van der Waals surface area contributed by atoms with Gasteiger partial charge in [0, 0.05) is 5.56 Å². The highest BCUT2D eigenvalue weighted by Crippen LogP contribution is 2.38. The van der Waals surface area contributed by atoms with Crippen LogP contribution in [-0.4, -0.2) is 45.3 Å². The highest BCUT2D eigenvalue weighted by Gasteiger charge is 2.28. The van der Waals surface area contributed by atoms with Crippen LogP contribution in [0.4, 0.5) is 5.69 Å². The molecule has 1 aliphatic rings. The third-order valence-electron chi connectivity index (χ3n) is 5.64. The maximum absolute atomic E-state index is 12.6. The first-order valence-corrected chi connectivity index (χ1v) is 11.3. The normalized spacial score (nSPS) is 13.8. The number of carbonyl (C=O) groups excluding carboxylic acids is 1. The Morgan fingerprint density at radius 2 is 1.69 bits per heavy atom. The molecule has 36 heavy (non-hydrogen) atoms. The van der Waals surface area contributed by atoms with Crippen molar-refractivity contribution in [3.63, 3.8) is 0 Å². The Morgan fingerprint density at radius 3 is 2.36 bits per heavy atom. The number of hydrogen-bond donors (Lipinski definition) is 2. The number of aryl methyl sites for hydroxylation is 1. The molecule has 0 saturated carbocycles. The molecular weight excluding hydrogens is 460 g/mol. The maximum atomic E-state index is 12.6. The van der Waals surface area contributed by atoms with Crippen molar-refractivity contribution in [3.05, 3.63) is 65.7 Å². The molecule has 0 aliphatic carbocycles. The SMILES string of the molecule is CCOc1cccc(-c2cc(N/N=C3/C(=O)NN=C3c3cc(OC)c(OC)c(OC)c3)ccc2C)c1. The molecule has 1 aliphatic heterocycles. The van der Waals surface area contributed by atoms with Crippen LogP contribution in [0.1, 0.15) is 18.1 Å². The van der Waals surface area contributed by atoms with Crippen LogP contribution in [0.25, 0.3) is 11.1 Å². The second kappa shape index (κ2) is 10.8. The first kappa shape index (κ1) is 24.6. The Bertz CT molecular complexity index is 1320. The number of amides is 1. The Labute approximate surface area is 209 Å². The van der Waals surface area contributed by atoms with E-state index in [2.05, 4.69) is 21.1 Å². The molecule has 0 aromatic heterocycles. The monoisotopic (exact) mass is 488 g/mol. The third kappa shape index (κ3) is 4.95. The van der Waals surface area contributed by atoms with Gasteiger partial charge in [-0.1, -0.05) is 18.2 Å². The van der Waals surface area contributed by atoms with Crippen LogP contribution in [0.15, 0.2) is 64.8 Å². The summed E-state index contributed by atoms with van der Waals surface area (Å²) in [4.78, 5) is 12.6. The predicted octanol–water partition coefficient (Wildman–Crippen LogP) is 4.39. The van der Waals surface area contributed by atoms with E-state index in [0.29, 0.717) is 40.8 Å². The summed E-state index contributed by atoms with van der Waals surface area (Å²) >= 11 is 0. The van der Waals surface area contributed by atoms with Gasteiger partial charge in [-0.25, -0.2) is 5.43 Å². The minimum absolute atomic E-state index is 0.129. The average molecular weight is 489 g/mol. The van der Waals surface area contributed by atoms with E-state index in [-0.39, 0.29) is 5.71 Å². The predicted molar refractivity (Wildman–Crippen MR) is 140 cm³/mol. The number of rotatable bonds is 9. The van der Waals surface area contributed by atoms with Crippen LogP contribution in [0.2, 0.25) is 0 Å². The lowest BCUT2D eigenvalue weighted by atomic mass is 10.00. The fraction of sp³-hybridized carbons (Fsp3) is 0.222. The molecule has 2 N–H and O–H groups in total. The van der Waals surface area contributed by atoms with Crippen molar-refractivity contribution in [3.8, 4) is 34.1 Å². The van der Waals surface area contributed by atoms with Gasteiger partial charge in [-0.05, 0) is 66.9 Å². The Balaban J connectivity index is 1.65. The van der Waals surface area contributed by atoms with E-state index < -0.39 is 5.91 Å². The molecule has 0 spiro atoms. The molecule has 0 radical (unpaired) electrons. The Kier molecular flexibility index (Phi) is 7.39. The lowest BCUT2D eigenvalue weighted by Crippen LogP contribution is -2.25. The number of hydrazone groups is 2. The summed E-state index contributed by atoms with van der Waals surface area (Å²) in [7, 11) is 4.57. The summed E-state index contributed by atoms with van der Waals surface area (Å²) in [5.41, 5.74) is 10.4. The van der Waals surface area contributed by atoms with E-state index in [1.807, 2.05) is 56.3 Å². The molecule has 9 nitrogen and oxygen atoms in total. The number of carbonyl (C=O) groups is 1. The van der Waals surface area contributed by atoms with Crippen LogP contribution >= 0.6 is 0 Å². The topological polar surface area (TPSA) is 103 Å². The Hall–Kier alpha value is -4.53. The minimum atomic E-state index is -0.428. The van der Waals surface area contributed by atoms with Gasteiger partial charge in [-0.2, -0.15) is 10.2 Å². The summed E-state index contributed by atoms with van der Waals surface area (Å²) in [5, 5.41) is 8.56. The molecule has 3 aromatic rings. The lowest BCUT2D eigenvalue weighted by Gasteiger charge is -2.14. The van der Waals surface area contributed by atoms with Crippen molar-refractivity contribution in [1.29, 1.82) is 0 Å². The lowest BCUT2D eigenvalue weighted by molar-refractivity contribution is -0.114. The molecule has 3 aromatic carbocycles. The fourth-order valence-corrected chi connectivity index (χ4v) is 3.89. The van der Waals surface area contributed by atoms with Gasteiger partial charge in [0.25, 0.3) is 5.91 Å². The van der Waals surface area contributed by atoms with Gasteiger partial charge in [-0.15, -0.1) is 0 Å². The number of anilines is 1. The zero-order chi connectivity index (χ0) is 25.7. The van der Waals surface area contributed by atoms with Crippen molar-refractivity contribution in [2.75, 3.05) is 33.4 Å². The van der Waals surface area contributed by atoms with E-state index in [1.54, 1.807) is 12.1 Å². The van der Waals surface area contributed by atoms with Crippen molar-refractivity contribution in [1.82, 2.24) is 5.43 Å². The van der Waals surface area contributed by atoms with E-state index >= 15 is 0 Å². The van der Waals surface area contributed by atoms with Gasteiger partial charge < -0.3 is 18.9 Å². The summed E-state index contributed by atoms with van der Waals surface area (Å²) < 4.78 is 21.9. The zero-order valence-electron chi connectivity index (χ0n) is 20.8. The Morgan fingerprint density at radius 1 is 0.944 bits per heavy atom. The summed E-state index contributed by atoms with van der Waals surface area (Å²) in [5.74, 6) is 1.71. The fourth-order valence-electron chi connectivity index (χ4n) is 3.89. The highest BCUT2D eigenvalue weighted by molar-refractivity contribution is 6.72. The minimum Gasteiger partial charge on any atom is -0.494 e. The zero-order valence-corrected chi connectivity index (χ0v) is 20.8. The number of nitrogens with one attached hydrogen (secondary N) is 2. The van der Waals surface area contributed by atoms with Crippen molar-refractivity contribution >= 4 is 23.0 Å². The number of nitrogens with zero attached hydrogens (tertiary/aromatic N) is 2. The smallest absolute Gasteiger partial charge is 0.294 e. The molecule has 0 saturated heterocycles. The van der Waals surface area contributed by atoms with Crippen LogP contribution in [0.5, 0.6) is 23.0 Å². The molecule has 1 amide bonds. The number of methoxy groups -OCH3 is 3. The van der Waals surface area contributed by atoms with Gasteiger partial charge in [0.15, 0.2) is 17.2 Å². The molecule has 0 atom stereocenters. The molecule has 4 rings (SSSR count). The van der Waals surface area contributed by atoms with E-state index in [9.17, 15) is 4.79 Å². The molecule has 9 heteroatoms. The van der Waals surface area contributed by atoms with Crippen LogP contribution < -0.4 is 29.8 Å². The molecule has 186 valence electrons. The summed E-state index contributed by atoms with van der Waals surface area (Å²) in [6.45, 7) is 4.59.